The second-order valence-corrected chi connectivity index (χ2v) is 5.04. The summed E-state index contributed by atoms with van der Waals surface area (Å²) in [5.41, 5.74) is 7.75. The van der Waals surface area contributed by atoms with E-state index < -0.39 is 0 Å². The molecule has 2 N–H and O–H groups in total. The maximum absolute atomic E-state index is 5.61. The molecule has 1 aliphatic heterocycles. The zero-order valence-electron chi connectivity index (χ0n) is 11.3. The Balaban J connectivity index is 1.83. The molecule has 6 heteroatoms. The average molecular weight is 260 g/mol. The van der Waals surface area contributed by atoms with Crippen molar-refractivity contribution in [2.24, 2.45) is 5.73 Å². The lowest BCUT2D eigenvalue weighted by Crippen LogP contribution is -2.48. The first-order valence-corrected chi connectivity index (χ1v) is 6.75. The lowest BCUT2D eigenvalue weighted by Gasteiger charge is -2.35. The Morgan fingerprint density at radius 1 is 1.21 bits per heavy atom. The molecule has 0 bridgehead atoms. The second-order valence-electron chi connectivity index (χ2n) is 5.04. The largest absolute Gasteiger partial charge is 0.354 e. The van der Waals surface area contributed by atoms with Crippen molar-refractivity contribution in [1.82, 2.24) is 19.5 Å². The molecule has 3 rings (SSSR count). The van der Waals surface area contributed by atoms with Gasteiger partial charge < -0.3 is 10.6 Å². The van der Waals surface area contributed by atoms with E-state index in [4.69, 9.17) is 5.73 Å². The van der Waals surface area contributed by atoms with Gasteiger partial charge in [0.2, 0.25) is 0 Å². The molecule has 0 aliphatic carbocycles. The molecule has 0 unspecified atom stereocenters. The molecule has 3 heterocycles. The van der Waals surface area contributed by atoms with E-state index >= 15 is 0 Å². The molecule has 1 fully saturated rings. The van der Waals surface area contributed by atoms with Gasteiger partial charge in [0.1, 0.15) is 12.1 Å². The van der Waals surface area contributed by atoms with Crippen molar-refractivity contribution >= 4 is 11.5 Å². The molecule has 19 heavy (non-hydrogen) atoms. The van der Waals surface area contributed by atoms with Crippen molar-refractivity contribution in [2.75, 3.05) is 44.2 Å². The van der Waals surface area contributed by atoms with E-state index in [1.165, 1.54) is 5.56 Å². The molecule has 0 aromatic carbocycles. The van der Waals surface area contributed by atoms with E-state index in [0.29, 0.717) is 0 Å². The number of nitrogens with zero attached hydrogens (tertiary/aromatic N) is 5. The molecule has 2 aromatic heterocycles. The van der Waals surface area contributed by atoms with Crippen LogP contribution in [-0.4, -0.2) is 58.8 Å². The van der Waals surface area contributed by atoms with Crippen LogP contribution >= 0.6 is 0 Å². The number of pyridine rings is 1. The van der Waals surface area contributed by atoms with E-state index in [1.54, 1.807) is 6.33 Å². The summed E-state index contributed by atoms with van der Waals surface area (Å²) in [6.07, 6.45) is 1.61. The molecule has 102 valence electrons. The third kappa shape index (κ3) is 2.41. The van der Waals surface area contributed by atoms with Crippen LogP contribution in [0.25, 0.3) is 5.65 Å². The number of anilines is 1. The lowest BCUT2D eigenvalue weighted by atomic mass is 10.2. The maximum atomic E-state index is 5.61. The van der Waals surface area contributed by atoms with Crippen LogP contribution in [0.1, 0.15) is 5.56 Å². The van der Waals surface area contributed by atoms with Crippen LogP contribution < -0.4 is 10.6 Å². The van der Waals surface area contributed by atoms with E-state index in [-0.39, 0.29) is 0 Å². The molecule has 0 saturated carbocycles. The summed E-state index contributed by atoms with van der Waals surface area (Å²) < 4.78 is 1.92. The van der Waals surface area contributed by atoms with Crippen LogP contribution in [0.3, 0.4) is 0 Å². The fourth-order valence-corrected chi connectivity index (χ4v) is 2.64. The Hall–Kier alpha value is -1.66. The Morgan fingerprint density at radius 3 is 2.74 bits per heavy atom. The first kappa shape index (κ1) is 12.4. The second kappa shape index (κ2) is 5.14. The normalized spacial score (nSPS) is 17.3. The number of aromatic nitrogens is 3. The number of rotatable bonds is 3. The average Bonchev–Trinajstić information content (AvgIpc) is 2.87. The van der Waals surface area contributed by atoms with Crippen molar-refractivity contribution < 1.29 is 0 Å². The SMILES string of the molecule is Cc1cc(N2CCN(CCN)CC2)n2ncnc2c1. The van der Waals surface area contributed by atoms with Gasteiger partial charge in [-0.25, -0.2) is 4.98 Å². The molecule has 1 aliphatic rings. The summed E-state index contributed by atoms with van der Waals surface area (Å²) in [6.45, 7) is 7.96. The van der Waals surface area contributed by atoms with Crippen LogP contribution in [0, 0.1) is 6.92 Å². The van der Waals surface area contributed by atoms with E-state index in [9.17, 15) is 0 Å². The van der Waals surface area contributed by atoms with Crippen LogP contribution in [0.4, 0.5) is 5.82 Å². The Kier molecular flexibility index (Phi) is 3.35. The van der Waals surface area contributed by atoms with E-state index in [2.05, 4.69) is 38.9 Å². The number of nitrogens with two attached hydrogens (primary N) is 1. The number of hydrogen-bond donors (Lipinski definition) is 1. The summed E-state index contributed by atoms with van der Waals surface area (Å²) >= 11 is 0. The predicted molar refractivity (Wildman–Crippen MR) is 75.4 cm³/mol. The predicted octanol–water partition coefficient (Wildman–Crippen LogP) is 0.118. The summed E-state index contributed by atoms with van der Waals surface area (Å²) in [4.78, 5) is 9.06. The molecular formula is C13H20N6. The minimum atomic E-state index is 0.734. The third-order valence-electron chi connectivity index (χ3n) is 3.65. The molecule has 1 saturated heterocycles. The van der Waals surface area contributed by atoms with Gasteiger partial charge in [-0.3, -0.25) is 4.90 Å². The topological polar surface area (TPSA) is 62.7 Å². The highest BCUT2D eigenvalue weighted by Gasteiger charge is 2.19. The van der Waals surface area contributed by atoms with Gasteiger partial charge >= 0.3 is 0 Å². The van der Waals surface area contributed by atoms with Gasteiger partial charge in [-0.1, -0.05) is 0 Å². The van der Waals surface area contributed by atoms with Crippen molar-refractivity contribution in [3.8, 4) is 0 Å². The van der Waals surface area contributed by atoms with E-state index in [0.717, 1.165) is 50.7 Å². The van der Waals surface area contributed by atoms with Gasteiger partial charge in [0.25, 0.3) is 0 Å². The maximum Gasteiger partial charge on any atom is 0.157 e. The van der Waals surface area contributed by atoms with Gasteiger partial charge in [-0.2, -0.15) is 9.61 Å². The molecule has 0 radical (unpaired) electrons. The summed E-state index contributed by atoms with van der Waals surface area (Å²) in [7, 11) is 0. The summed E-state index contributed by atoms with van der Waals surface area (Å²) in [5, 5.41) is 4.32. The van der Waals surface area contributed by atoms with Gasteiger partial charge in [-0.05, 0) is 24.6 Å². The summed E-state index contributed by atoms with van der Waals surface area (Å²) in [6, 6.07) is 4.24. The fraction of sp³-hybridized carbons (Fsp3) is 0.538. The molecule has 0 spiro atoms. The standard InChI is InChI=1S/C13H20N6/c1-11-8-12-15-10-16-19(12)13(9-11)18-6-4-17(3-2-14)5-7-18/h8-10H,2-7,14H2,1H3. The van der Waals surface area contributed by atoms with Gasteiger partial charge in [0.15, 0.2) is 5.65 Å². The van der Waals surface area contributed by atoms with Crippen molar-refractivity contribution in [1.29, 1.82) is 0 Å². The lowest BCUT2D eigenvalue weighted by molar-refractivity contribution is 0.264. The van der Waals surface area contributed by atoms with Gasteiger partial charge in [0, 0.05) is 39.3 Å². The molecule has 0 atom stereocenters. The molecule has 0 amide bonds. The fourth-order valence-electron chi connectivity index (χ4n) is 2.64. The highest BCUT2D eigenvalue weighted by atomic mass is 15.4. The number of fused-ring (bicyclic) bond motifs is 1. The first-order valence-electron chi connectivity index (χ1n) is 6.75. The zero-order valence-corrected chi connectivity index (χ0v) is 11.3. The monoisotopic (exact) mass is 260 g/mol. The van der Waals surface area contributed by atoms with Gasteiger partial charge in [-0.15, -0.1) is 0 Å². The van der Waals surface area contributed by atoms with Crippen LogP contribution in [0.15, 0.2) is 18.5 Å². The van der Waals surface area contributed by atoms with Crippen molar-refractivity contribution in [2.45, 2.75) is 6.92 Å². The number of hydrogen-bond acceptors (Lipinski definition) is 5. The number of aryl methyl sites for hydroxylation is 1. The van der Waals surface area contributed by atoms with Crippen LogP contribution in [0.5, 0.6) is 0 Å². The summed E-state index contributed by atoms with van der Waals surface area (Å²) in [5.74, 6) is 1.14. The Morgan fingerprint density at radius 2 is 2.00 bits per heavy atom. The zero-order chi connectivity index (χ0) is 13.2. The Labute approximate surface area is 112 Å². The molecular weight excluding hydrogens is 240 g/mol. The molecule has 2 aromatic rings. The Bertz CT molecular complexity index is 555. The quantitative estimate of drug-likeness (QED) is 0.849. The van der Waals surface area contributed by atoms with E-state index in [1.807, 2.05) is 4.52 Å². The van der Waals surface area contributed by atoms with Crippen molar-refractivity contribution in [3.63, 3.8) is 0 Å². The minimum absolute atomic E-state index is 0.734. The van der Waals surface area contributed by atoms with Crippen LogP contribution in [0.2, 0.25) is 0 Å². The van der Waals surface area contributed by atoms with Crippen LogP contribution in [-0.2, 0) is 0 Å². The minimum Gasteiger partial charge on any atom is -0.354 e. The first-order chi connectivity index (χ1) is 9.28. The third-order valence-corrected chi connectivity index (χ3v) is 3.65. The smallest absolute Gasteiger partial charge is 0.157 e. The van der Waals surface area contributed by atoms with Gasteiger partial charge in [0.05, 0.1) is 0 Å². The highest BCUT2D eigenvalue weighted by Crippen LogP contribution is 2.19. The van der Waals surface area contributed by atoms with Crippen molar-refractivity contribution in [3.05, 3.63) is 24.0 Å². The molecule has 6 nitrogen and oxygen atoms in total. The number of piperazine rings is 1. The highest BCUT2D eigenvalue weighted by molar-refractivity contribution is 5.53.